The van der Waals surface area contributed by atoms with Crippen molar-refractivity contribution in [3.8, 4) is 0 Å². The minimum Gasteiger partial charge on any atom is -0.296 e. The number of amides is 1. The molecule has 2 aromatic carbocycles. The molecule has 0 aliphatic heterocycles. The van der Waals surface area contributed by atoms with Crippen molar-refractivity contribution < 1.29 is 13.2 Å². The number of benzene rings is 2. The molecule has 0 aliphatic carbocycles. The summed E-state index contributed by atoms with van der Waals surface area (Å²) in [4.78, 5) is 12.5. The molecule has 0 saturated carbocycles. The Labute approximate surface area is 174 Å². The Morgan fingerprint density at radius 3 is 2.52 bits per heavy atom. The monoisotopic (exact) mass is 430 g/mol. The molecule has 0 atom stereocenters. The summed E-state index contributed by atoms with van der Waals surface area (Å²) in [5.74, 6) is -0.000878. The van der Waals surface area contributed by atoms with E-state index in [1.54, 1.807) is 18.2 Å². The minimum absolute atomic E-state index is 0.00323. The van der Waals surface area contributed by atoms with E-state index in [9.17, 15) is 13.2 Å². The van der Waals surface area contributed by atoms with E-state index in [-0.39, 0.29) is 10.5 Å². The minimum atomic E-state index is -3.82. The fourth-order valence-corrected chi connectivity index (χ4v) is 4.60. The van der Waals surface area contributed by atoms with E-state index in [2.05, 4.69) is 34.1 Å². The Balaban J connectivity index is 1.75. The maximum absolute atomic E-state index is 12.7. The van der Waals surface area contributed by atoms with Crippen molar-refractivity contribution >= 4 is 38.1 Å². The van der Waals surface area contributed by atoms with Gasteiger partial charge in [0.25, 0.3) is 15.9 Å². The van der Waals surface area contributed by atoms with Gasteiger partial charge in [-0.05, 0) is 43.2 Å². The standard InChI is InChI=1S/C20H22N4O3S2/c1-13(2)11-18-22-23-20(28-18)21-19(25)15-5-4-6-17(12-15)29(26,27)24-16-9-7-14(3)8-10-16/h4-10,12-13,24H,11H2,1-3H3,(H,21,23,25). The number of carbonyl (C=O) groups excluding carboxylic acids is 1. The van der Waals surface area contributed by atoms with Gasteiger partial charge in [-0.2, -0.15) is 0 Å². The first-order chi connectivity index (χ1) is 13.7. The smallest absolute Gasteiger partial charge is 0.261 e. The van der Waals surface area contributed by atoms with Gasteiger partial charge < -0.3 is 0 Å². The Kier molecular flexibility index (Phi) is 6.29. The van der Waals surface area contributed by atoms with Gasteiger partial charge in [-0.3, -0.25) is 14.8 Å². The highest BCUT2D eigenvalue weighted by Gasteiger charge is 2.17. The fourth-order valence-electron chi connectivity index (χ4n) is 2.55. The number of sulfonamides is 1. The van der Waals surface area contributed by atoms with E-state index >= 15 is 0 Å². The molecule has 29 heavy (non-hydrogen) atoms. The first-order valence-electron chi connectivity index (χ1n) is 9.06. The molecule has 9 heteroatoms. The van der Waals surface area contributed by atoms with Crippen LogP contribution in [0.3, 0.4) is 0 Å². The molecule has 0 spiro atoms. The molecular weight excluding hydrogens is 408 g/mol. The van der Waals surface area contributed by atoms with Crippen LogP contribution in [0.5, 0.6) is 0 Å². The predicted octanol–water partition coefficient (Wildman–Crippen LogP) is 4.10. The third-order valence-corrected chi connectivity index (χ3v) is 6.22. The van der Waals surface area contributed by atoms with Gasteiger partial charge in [0.05, 0.1) is 4.90 Å². The lowest BCUT2D eigenvalue weighted by Gasteiger charge is -2.09. The van der Waals surface area contributed by atoms with Crippen LogP contribution in [0, 0.1) is 12.8 Å². The van der Waals surface area contributed by atoms with Gasteiger partial charge in [0.1, 0.15) is 5.01 Å². The van der Waals surface area contributed by atoms with E-state index in [4.69, 9.17) is 0 Å². The molecule has 0 unspecified atom stereocenters. The van der Waals surface area contributed by atoms with E-state index in [1.807, 2.05) is 19.1 Å². The molecule has 3 rings (SSSR count). The molecule has 0 radical (unpaired) electrons. The molecule has 0 saturated heterocycles. The number of aromatic nitrogens is 2. The van der Waals surface area contributed by atoms with Crippen LogP contribution in [0.15, 0.2) is 53.4 Å². The molecule has 152 valence electrons. The van der Waals surface area contributed by atoms with Gasteiger partial charge in [0.15, 0.2) is 0 Å². The predicted molar refractivity (Wildman–Crippen MR) is 115 cm³/mol. The lowest BCUT2D eigenvalue weighted by Crippen LogP contribution is -2.16. The molecule has 3 aromatic rings. The van der Waals surface area contributed by atoms with Crippen molar-refractivity contribution in [2.24, 2.45) is 5.92 Å². The summed E-state index contributed by atoms with van der Waals surface area (Å²) in [6.07, 6.45) is 0.784. The largest absolute Gasteiger partial charge is 0.296 e. The lowest BCUT2D eigenvalue weighted by atomic mass is 10.1. The Hall–Kier alpha value is -2.78. The third kappa shape index (κ3) is 5.61. The highest BCUT2D eigenvalue weighted by atomic mass is 32.2. The van der Waals surface area contributed by atoms with E-state index in [1.165, 1.54) is 29.5 Å². The summed E-state index contributed by atoms with van der Waals surface area (Å²) < 4.78 is 27.8. The first kappa shape index (κ1) is 20.9. The number of anilines is 2. The molecule has 0 bridgehead atoms. The van der Waals surface area contributed by atoms with Gasteiger partial charge >= 0.3 is 0 Å². The first-order valence-corrected chi connectivity index (χ1v) is 11.4. The molecule has 1 aromatic heterocycles. The van der Waals surface area contributed by atoms with Crippen molar-refractivity contribution in [1.82, 2.24) is 10.2 Å². The van der Waals surface area contributed by atoms with Gasteiger partial charge in [-0.15, -0.1) is 10.2 Å². The van der Waals surface area contributed by atoms with Crippen LogP contribution in [-0.2, 0) is 16.4 Å². The lowest BCUT2D eigenvalue weighted by molar-refractivity contribution is 0.102. The van der Waals surface area contributed by atoms with Gasteiger partial charge in [-0.25, -0.2) is 8.42 Å². The molecule has 7 nitrogen and oxygen atoms in total. The molecule has 1 heterocycles. The second-order valence-electron chi connectivity index (χ2n) is 7.05. The highest BCUT2D eigenvalue weighted by Crippen LogP contribution is 2.21. The second-order valence-corrected chi connectivity index (χ2v) is 9.80. The summed E-state index contributed by atoms with van der Waals surface area (Å²) in [5, 5.41) is 11.9. The summed E-state index contributed by atoms with van der Waals surface area (Å²) in [6.45, 7) is 6.08. The van der Waals surface area contributed by atoms with E-state index in [0.717, 1.165) is 17.0 Å². The maximum atomic E-state index is 12.7. The number of hydrogen-bond donors (Lipinski definition) is 2. The van der Waals surface area contributed by atoms with Crippen molar-refractivity contribution in [3.05, 3.63) is 64.7 Å². The number of nitrogens with zero attached hydrogens (tertiary/aromatic N) is 2. The van der Waals surface area contributed by atoms with Crippen LogP contribution in [0.4, 0.5) is 10.8 Å². The zero-order valence-corrected chi connectivity index (χ0v) is 18.0. The molecular formula is C20H22N4O3S2. The highest BCUT2D eigenvalue weighted by molar-refractivity contribution is 7.92. The second kappa shape index (κ2) is 8.71. The van der Waals surface area contributed by atoms with Crippen molar-refractivity contribution in [2.75, 3.05) is 10.0 Å². The molecule has 1 amide bonds. The SMILES string of the molecule is Cc1ccc(NS(=O)(=O)c2cccc(C(=O)Nc3nnc(CC(C)C)s3)c2)cc1. The average molecular weight is 431 g/mol. The number of carbonyl (C=O) groups is 1. The van der Waals surface area contributed by atoms with Crippen LogP contribution in [0.2, 0.25) is 0 Å². The maximum Gasteiger partial charge on any atom is 0.261 e. The topological polar surface area (TPSA) is 101 Å². The summed E-state index contributed by atoms with van der Waals surface area (Å²) in [6, 6.07) is 12.9. The number of nitrogens with one attached hydrogen (secondary N) is 2. The van der Waals surface area contributed by atoms with Crippen LogP contribution in [-0.4, -0.2) is 24.5 Å². The van der Waals surface area contributed by atoms with E-state index < -0.39 is 15.9 Å². The van der Waals surface area contributed by atoms with Crippen molar-refractivity contribution in [3.63, 3.8) is 0 Å². The fraction of sp³-hybridized carbons (Fsp3) is 0.250. The zero-order chi connectivity index (χ0) is 21.0. The van der Waals surface area contributed by atoms with Crippen LogP contribution in [0.1, 0.15) is 34.8 Å². The molecule has 2 N–H and O–H groups in total. The van der Waals surface area contributed by atoms with Crippen LogP contribution >= 0.6 is 11.3 Å². The van der Waals surface area contributed by atoms with Gasteiger partial charge in [0, 0.05) is 17.7 Å². The molecule has 0 fully saturated rings. The summed E-state index contributed by atoms with van der Waals surface area (Å²) in [5.41, 5.74) is 1.70. The Morgan fingerprint density at radius 2 is 1.83 bits per heavy atom. The molecule has 0 aliphatic rings. The number of aryl methyl sites for hydroxylation is 1. The van der Waals surface area contributed by atoms with Crippen molar-refractivity contribution in [1.29, 1.82) is 0 Å². The Morgan fingerprint density at radius 1 is 1.10 bits per heavy atom. The number of hydrogen-bond acceptors (Lipinski definition) is 6. The third-order valence-electron chi connectivity index (χ3n) is 3.98. The quantitative estimate of drug-likeness (QED) is 0.588. The average Bonchev–Trinajstić information content (AvgIpc) is 3.09. The van der Waals surface area contributed by atoms with Crippen LogP contribution < -0.4 is 10.0 Å². The summed E-state index contributed by atoms with van der Waals surface area (Å²) in [7, 11) is -3.82. The Bertz CT molecular complexity index is 1110. The zero-order valence-electron chi connectivity index (χ0n) is 16.3. The van der Waals surface area contributed by atoms with Gasteiger partial charge in [0.2, 0.25) is 5.13 Å². The summed E-state index contributed by atoms with van der Waals surface area (Å²) >= 11 is 1.31. The van der Waals surface area contributed by atoms with Crippen LogP contribution in [0.25, 0.3) is 0 Å². The number of rotatable bonds is 7. The van der Waals surface area contributed by atoms with E-state index in [0.29, 0.717) is 16.7 Å². The normalized spacial score (nSPS) is 11.4. The van der Waals surface area contributed by atoms with Crippen molar-refractivity contribution in [2.45, 2.75) is 32.1 Å². The van der Waals surface area contributed by atoms with Gasteiger partial charge in [-0.1, -0.05) is 48.9 Å².